The number of esters is 1. The van der Waals surface area contributed by atoms with Crippen LogP contribution in [-0.2, 0) is 14.3 Å². The molecule has 0 unspecified atom stereocenters. The molecular weight excluding hydrogens is 158 g/mol. The maximum absolute atomic E-state index is 11.4. The van der Waals surface area contributed by atoms with Crippen molar-refractivity contribution in [3.05, 3.63) is 0 Å². The minimum atomic E-state index is -0.577. The minimum Gasteiger partial charge on any atom is -0.451 e. The Bertz CT molecular complexity index is 238. The van der Waals surface area contributed by atoms with E-state index in [0.29, 0.717) is 6.54 Å². The summed E-state index contributed by atoms with van der Waals surface area (Å²) in [7, 11) is 0. The number of amides is 1. The van der Waals surface area contributed by atoms with Crippen molar-refractivity contribution in [2.75, 3.05) is 6.54 Å². The molecule has 12 heavy (non-hydrogen) atoms. The van der Waals surface area contributed by atoms with Gasteiger partial charge in [0, 0.05) is 6.54 Å². The van der Waals surface area contributed by atoms with Crippen molar-refractivity contribution < 1.29 is 14.3 Å². The smallest absolute Gasteiger partial charge is 0.329 e. The number of ether oxygens (including phenoxy) is 1. The minimum absolute atomic E-state index is 0.0444. The summed E-state index contributed by atoms with van der Waals surface area (Å²) >= 11 is 0. The molecule has 2 atom stereocenters. The highest BCUT2D eigenvalue weighted by Gasteiger charge is 2.42. The van der Waals surface area contributed by atoms with Crippen LogP contribution < -0.4 is 0 Å². The normalized spacial score (nSPS) is 34.9. The first-order chi connectivity index (χ1) is 5.70. The molecule has 0 aromatic carbocycles. The Morgan fingerprint density at radius 1 is 1.50 bits per heavy atom. The van der Waals surface area contributed by atoms with Crippen molar-refractivity contribution in [1.82, 2.24) is 4.90 Å². The molecule has 0 N–H and O–H groups in total. The Balaban J connectivity index is 2.23. The van der Waals surface area contributed by atoms with E-state index in [1.54, 1.807) is 11.8 Å². The first-order valence-electron chi connectivity index (χ1n) is 4.21. The summed E-state index contributed by atoms with van der Waals surface area (Å²) in [6.07, 6.45) is 1.10. The number of carbonyl (C=O) groups is 2. The summed E-state index contributed by atoms with van der Waals surface area (Å²) < 4.78 is 4.88. The van der Waals surface area contributed by atoms with Crippen molar-refractivity contribution in [1.29, 1.82) is 0 Å². The first-order valence-corrected chi connectivity index (χ1v) is 4.21. The summed E-state index contributed by atoms with van der Waals surface area (Å²) in [4.78, 5) is 24.3. The Morgan fingerprint density at radius 2 is 2.25 bits per heavy atom. The maximum atomic E-state index is 11.4. The Labute approximate surface area is 70.5 Å². The van der Waals surface area contributed by atoms with E-state index in [9.17, 15) is 9.59 Å². The zero-order chi connectivity index (χ0) is 8.72. The van der Waals surface area contributed by atoms with Gasteiger partial charge < -0.3 is 9.64 Å². The second kappa shape index (κ2) is 2.47. The van der Waals surface area contributed by atoms with Gasteiger partial charge in [-0.3, -0.25) is 4.79 Å². The number of hydrogen-bond acceptors (Lipinski definition) is 3. The van der Waals surface area contributed by atoms with Gasteiger partial charge in [-0.1, -0.05) is 0 Å². The third kappa shape index (κ3) is 0.906. The van der Waals surface area contributed by atoms with Crippen LogP contribution in [0.5, 0.6) is 0 Å². The molecule has 4 heteroatoms. The van der Waals surface area contributed by atoms with Crippen LogP contribution in [0.3, 0.4) is 0 Å². The van der Waals surface area contributed by atoms with Gasteiger partial charge in [0.05, 0.1) is 0 Å². The standard InChI is InChI=1S/C8H11NO3/c1-5-7(10)9-4-2-3-6(9)8(11)12-5/h5-6H,2-4H2,1H3/t5-,6-/m1/s1. The van der Waals surface area contributed by atoms with Gasteiger partial charge >= 0.3 is 5.97 Å². The molecule has 0 aromatic rings. The lowest BCUT2D eigenvalue weighted by atomic mass is 10.2. The largest absolute Gasteiger partial charge is 0.451 e. The number of rotatable bonds is 0. The van der Waals surface area contributed by atoms with Crippen molar-refractivity contribution in [3.8, 4) is 0 Å². The molecule has 0 saturated carbocycles. The fourth-order valence-corrected chi connectivity index (χ4v) is 1.81. The highest BCUT2D eigenvalue weighted by Crippen LogP contribution is 2.24. The van der Waals surface area contributed by atoms with E-state index in [1.165, 1.54) is 0 Å². The van der Waals surface area contributed by atoms with Gasteiger partial charge in [-0.15, -0.1) is 0 Å². The van der Waals surface area contributed by atoms with Gasteiger partial charge in [0.15, 0.2) is 6.10 Å². The quantitative estimate of drug-likeness (QED) is 0.476. The molecule has 66 valence electrons. The predicted molar refractivity (Wildman–Crippen MR) is 40.3 cm³/mol. The topological polar surface area (TPSA) is 46.6 Å². The van der Waals surface area contributed by atoms with Gasteiger partial charge in [0.25, 0.3) is 5.91 Å². The molecule has 0 spiro atoms. The van der Waals surface area contributed by atoms with Gasteiger partial charge in [-0.25, -0.2) is 4.79 Å². The second-order valence-electron chi connectivity index (χ2n) is 3.27. The van der Waals surface area contributed by atoms with Crippen LogP contribution in [0.25, 0.3) is 0 Å². The van der Waals surface area contributed by atoms with E-state index in [2.05, 4.69) is 0 Å². The number of carbonyl (C=O) groups excluding carboxylic acids is 2. The Hall–Kier alpha value is -1.06. The number of fused-ring (bicyclic) bond motifs is 1. The molecule has 2 rings (SSSR count). The summed E-state index contributed by atoms with van der Waals surface area (Å²) in [5.74, 6) is -0.281. The van der Waals surface area contributed by atoms with Crippen molar-refractivity contribution in [2.45, 2.75) is 31.9 Å². The molecule has 2 heterocycles. The summed E-state index contributed by atoms with van der Waals surface area (Å²) in [5.41, 5.74) is 0. The van der Waals surface area contributed by atoms with E-state index in [1.807, 2.05) is 0 Å². The molecule has 2 aliphatic heterocycles. The van der Waals surface area contributed by atoms with Crippen LogP contribution in [-0.4, -0.2) is 35.5 Å². The zero-order valence-electron chi connectivity index (χ0n) is 6.95. The molecule has 2 saturated heterocycles. The van der Waals surface area contributed by atoms with Gasteiger partial charge in [0.2, 0.25) is 0 Å². The predicted octanol–water partition coefficient (Wildman–Crippen LogP) is -0.0773. The first kappa shape index (κ1) is 7.58. The van der Waals surface area contributed by atoms with Crippen LogP contribution in [0.1, 0.15) is 19.8 Å². The van der Waals surface area contributed by atoms with E-state index in [4.69, 9.17) is 4.74 Å². The summed E-state index contributed by atoms with van der Waals surface area (Å²) in [6, 6.07) is -0.284. The Kier molecular flexibility index (Phi) is 1.56. The zero-order valence-corrected chi connectivity index (χ0v) is 6.95. The van der Waals surface area contributed by atoms with Gasteiger partial charge in [-0.2, -0.15) is 0 Å². The highest BCUT2D eigenvalue weighted by atomic mass is 16.6. The van der Waals surface area contributed by atoms with E-state index in [-0.39, 0.29) is 17.9 Å². The monoisotopic (exact) mass is 169 g/mol. The molecule has 0 bridgehead atoms. The maximum Gasteiger partial charge on any atom is 0.329 e. The average Bonchev–Trinajstić information content (AvgIpc) is 2.48. The molecule has 4 nitrogen and oxygen atoms in total. The number of hydrogen-bond donors (Lipinski definition) is 0. The average molecular weight is 169 g/mol. The third-order valence-corrected chi connectivity index (χ3v) is 2.45. The lowest BCUT2D eigenvalue weighted by Gasteiger charge is -2.31. The summed E-state index contributed by atoms with van der Waals surface area (Å²) in [6.45, 7) is 2.33. The van der Waals surface area contributed by atoms with Crippen LogP contribution in [0.2, 0.25) is 0 Å². The van der Waals surface area contributed by atoms with Gasteiger partial charge in [-0.05, 0) is 19.8 Å². The lowest BCUT2D eigenvalue weighted by Crippen LogP contribution is -2.52. The molecular formula is C8H11NO3. The highest BCUT2D eigenvalue weighted by molar-refractivity contribution is 5.92. The SMILES string of the molecule is C[C@H]1OC(=O)[C@H]2CCCN2C1=O. The van der Waals surface area contributed by atoms with Gasteiger partial charge in [0.1, 0.15) is 6.04 Å². The van der Waals surface area contributed by atoms with Crippen LogP contribution in [0.15, 0.2) is 0 Å². The van der Waals surface area contributed by atoms with E-state index in [0.717, 1.165) is 12.8 Å². The summed E-state index contributed by atoms with van der Waals surface area (Å²) in [5, 5.41) is 0. The van der Waals surface area contributed by atoms with Crippen LogP contribution >= 0.6 is 0 Å². The molecule has 0 aliphatic carbocycles. The van der Waals surface area contributed by atoms with Crippen molar-refractivity contribution in [3.63, 3.8) is 0 Å². The molecule has 0 aromatic heterocycles. The number of nitrogens with zero attached hydrogens (tertiary/aromatic N) is 1. The third-order valence-electron chi connectivity index (χ3n) is 2.45. The number of morpholine rings is 1. The van der Waals surface area contributed by atoms with Crippen LogP contribution in [0.4, 0.5) is 0 Å². The van der Waals surface area contributed by atoms with E-state index < -0.39 is 6.10 Å². The fourth-order valence-electron chi connectivity index (χ4n) is 1.81. The second-order valence-corrected chi connectivity index (χ2v) is 3.27. The Morgan fingerprint density at radius 3 is 3.00 bits per heavy atom. The molecule has 2 aliphatic rings. The molecule has 0 radical (unpaired) electrons. The number of cyclic esters (lactones) is 1. The fraction of sp³-hybridized carbons (Fsp3) is 0.750. The van der Waals surface area contributed by atoms with E-state index >= 15 is 0 Å². The molecule has 1 amide bonds. The molecule has 2 fully saturated rings. The van der Waals surface area contributed by atoms with Crippen molar-refractivity contribution >= 4 is 11.9 Å². The van der Waals surface area contributed by atoms with Crippen molar-refractivity contribution in [2.24, 2.45) is 0 Å². The van der Waals surface area contributed by atoms with Crippen LogP contribution in [0, 0.1) is 0 Å². The lowest BCUT2D eigenvalue weighted by molar-refractivity contribution is -0.174.